The third-order valence-corrected chi connectivity index (χ3v) is 6.73. The smallest absolute Gasteiger partial charge is 0.250 e. The van der Waals surface area contributed by atoms with Gasteiger partial charge in [-0.2, -0.15) is 0 Å². The minimum Gasteiger partial charge on any atom is -0.489 e. The monoisotopic (exact) mass is 493 g/mol. The van der Waals surface area contributed by atoms with Crippen LogP contribution in [-0.4, -0.2) is 48.0 Å². The number of rotatable bonds is 15. The lowest BCUT2D eigenvalue weighted by atomic mass is 10.0. The number of hydrogen-bond donors (Lipinski definition) is 3. The van der Waals surface area contributed by atoms with Gasteiger partial charge in [0.1, 0.15) is 6.61 Å². The first-order valence-electron chi connectivity index (χ1n) is 13.1. The number of aromatic nitrogens is 1. The van der Waals surface area contributed by atoms with E-state index in [0.717, 1.165) is 47.4 Å². The minimum atomic E-state index is -0.436. The SMILES string of the molecule is CCc1ccc(OCCN[C@H](C)Cc2cc(C(N)=O)c3c(ccn3CCCO)c2)c(OCC2CC2)c1. The van der Waals surface area contributed by atoms with E-state index in [2.05, 4.69) is 37.4 Å². The van der Waals surface area contributed by atoms with Crippen molar-refractivity contribution >= 4 is 16.8 Å². The fraction of sp³-hybridized carbons (Fsp3) is 0.483. The zero-order valence-electron chi connectivity index (χ0n) is 21.5. The van der Waals surface area contributed by atoms with Crippen LogP contribution in [0.15, 0.2) is 42.6 Å². The molecule has 1 aliphatic carbocycles. The van der Waals surface area contributed by atoms with E-state index in [1.807, 2.05) is 29.0 Å². The Balaban J connectivity index is 1.32. The molecule has 4 rings (SSSR count). The molecule has 0 aliphatic heterocycles. The van der Waals surface area contributed by atoms with E-state index in [4.69, 9.17) is 20.3 Å². The summed E-state index contributed by atoms with van der Waals surface area (Å²) in [6, 6.07) is 12.4. The lowest BCUT2D eigenvalue weighted by Crippen LogP contribution is -2.32. The van der Waals surface area contributed by atoms with Gasteiger partial charge in [-0.05, 0) is 86.4 Å². The van der Waals surface area contributed by atoms with Gasteiger partial charge >= 0.3 is 0 Å². The predicted octanol–water partition coefficient (Wildman–Crippen LogP) is 4.07. The van der Waals surface area contributed by atoms with Crippen LogP contribution < -0.4 is 20.5 Å². The van der Waals surface area contributed by atoms with E-state index in [1.165, 1.54) is 18.4 Å². The third-order valence-electron chi connectivity index (χ3n) is 6.73. The number of nitrogens with zero attached hydrogens (tertiary/aromatic N) is 1. The number of aliphatic hydroxyl groups is 1. The Morgan fingerprint density at radius 1 is 1.17 bits per heavy atom. The van der Waals surface area contributed by atoms with Crippen molar-refractivity contribution in [2.24, 2.45) is 11.7 Å². The Morgan fingerprint density at radius 2 is 2.00 bits per heavy atom. The number of aryl methyl sites for hydroxylation is 2. The van der Waals surface area contributed by atoms with Gasteiger partial charge in [0.15, 0.2) is 11.5 Å². The highest BCUT2D eigenvalue weighted by Gasteiger charge is 2.22. The molecule has 194 valence electrons. The van der Waals surface area contributed by atoms with Crippen molar-refractivity contribution in [3.63, 3.8) is 0 Å². The first-order valence-corrected chi connectivity index (χ1v) is 13.1. The van der Waals surface area contributed by atoms with Gasteiger partial charge in [-0.1, -0.05) is 13.0 Å². The molecule has 1 aliphatic rings. The van der Waals surface area contributed by atoms with Crippen LogP contribution >= 0.6 is 0 Å². The molecule has 1 heterocycles. The summed E-state index contributed by atoms with van der Waals surface area (Å²) in [6.45, 7) is 7.02. The molecule has 1 fully saturated rings. The van der Waals surface area contributed by atoms with Gasteiger partial charge in [-0.25, -0.2) is 0 Å². The minimum absolute atomic E-state index is 0.107. The second-order valence-corrected chi connectivity index (χ2v) is 9.83. The number of fused-ring (bicyclic) bond motifs is 1. The van der Waals surface area contributed by atoms with E-state index in [9.17, 15) is 4.79 Å². The largest absolute Gasteiger partial charge is 0.489 e. The summed E-state index contributed by atoms with van der Waals surface area (Å²) in [5, 5.41) is 13.7. The van der Waals surface area contributed by atoms with Crippen molar-refractivity contribution in [2.75, 3.05) is 26.4 Å². The number of nitrogens with two attached hydrogens (primary N) is 1. The van der Waals surface area contributed by atoms with E-state index < -0.39 is 5.91 Å². The van der Waals surface area contributed by atoms with Crippen LogP contribution in [0.3, 0.4) is 0 Å². The molecule has 0 radical (unpaired) electrons. The van der Waals surface area contributed by atoms with Crippen molar-refractivity contribution in [2.45, 2.75) is 58.5 Å². The Bertz CT molecular complexity index is 1170. The molecule has 7 nitrogen and oxygen atoms in total. The first kappa shape index (κ1) is 26.0. The van der Waals surface area contributed by atoms with Crippen LogP contribution in [0.25, 0.3) is 10.9 Å². The molecular formula is C29H39N3O4. The Kier molecular flexibility index (Phi) is 8.88. The van der Waals surface area contributed by atoms with Crippen LogP contribution in [-0.2, 0) is 19.4 Å². The molecule has 1 saturated carbocycles. The maximum atomic E-state index is 12.2. The molecular weight excluding hydrogens is 454 g/mol. The fourth-order valence-corrected chi connectivity index (χ4v) is 4.53. The van der Waals surface area contributed by atoms with Gasteiger partial charge in [0.25, 0.3) is 5.91 Å². The van der Waals surface area contributed by atoms with Crippen molar-refractivity contribution in [3.05, 3.63) is 59.3 Å². The summed E-state index contributed by atoms with van der Waals surface area (Å²) in [6.07, 6.45) is 6.83. The van der Waals surface area contributed by atoms with E-state index in [-0.39, 0.29) is 12.6 Å². The van der Waals surface area contributed by atoms with Gasteiger partial charge in [0.2, 0.25) is 0 Å². The maximum Gasteiger partial charge on any atom is 0.250 e. The Hall–Kier alpha value is -3.03. The molecule has 0 unspecified atom stereocenters. The van der Waals surface area contributed by atoms with E-state index >= 15 is 0 Å². The average Bonchev–Trinajstić information content (AvgIpc) is 3.62. The number of amides is 1. The van der Waals surface area contributed by atoms with Crippen LogP contribution in [0.4, 0.5) is 0 Å². The summed E-state index contributed by atoms with van der Waals surface area (Å²) in [7, 11) is 0. The van der Waals surface area contributed by atoms with Crippen molar-refractivity contribution in [1.29, 1.82) is 0 Å². The molecule has 1 aromatic heterocycles. The van der Waals surface area contributed by atoms with Crippen LogP contribution in [0.5, 0.6) is 11.5 Å². The van der Waals surface area contributed by atoms with Crippen molar-refractivity contribution in [1.82, 2.24) is 9.88 Å². The highest BCUT2D eigenvalue weighted by molar-refractivity contribution is 6.05. The quantitative estimate of drug-likeness (QED) is 0.277. The number of primary amides is 1. The molecule has 1 amide bonds. The topological polar surface area (TPSA) is 98.7 Å². The molecule has 0 saturated heterocycles. The van der Waals surface area contributed by atoms with Crippen LogP contribution in [0, 0.1) is 5.92 Å². The Labute approximate surface area is 213 Å². The Morgan fingerprint density at radius 3 is 2.72 bits per heavy atom. The summed E-state index contributed by atoms with van der Waals surface area (Å²) in [4.78, 5) is 12.2. The predicted molar refractivity (Wildman–Crippen MR) is 143 cm³/mol. The van der Waals surface area contributed by atoms with Crippen molar-refractivity contribution in [3.8, 4) is 11.5 Å². The molecule has 7 heteroatoms. The highest BCUT2D eigenvalue weighted by Crippen LogP contribution is 2.33. The molecule has 3 aromatic rings. The third kappa shape index (κ3) is 6.80. The summed E-state index contributed by atoms with van der Waals surface area (Å²) in [5.41, 5.74) is 9.38. The van der Waals surface area contributed by atoms with Crippen LogP contribution in [0.2, 0.25) is 0 Å². The number of ether oxygens (including phenoxy) is 2. The molecule has 2 aromatic carbocycles. The molecule has 4 N–H and O–H groups in total. The first-order chi connectivity index (χ1) is 17.5. The lowest BCUT2D eigenvalue weighted by Gasteiger charge is -2.17. The van der Waals surface area contributed by atoms with Gasteiger partial charge in [-0.15, -0.1) is 0 Å². The van der Waals surface area contributed by atoms with Gasteiger partial charge in [-0.3, -0.25) is 4.79 Å². The molecule has 0 bridgehead atoms. The van der Waals surface area contributed by atoms with Crippen molar-refractivity contribution < 1.29 is 19.4 Å². The van der Waals surface area contributed by atoms with E-state index in [0.29, 0.717) is 37.6 Å². The normalized spacial score (nSPS) is 14.2. The number of carbonyl (C=O) groups is 1. The fourth-order valence-electron chi connectivity index (χ4n) is 4.53. The van der Waals surface area contributed by atoms with Crippen LogP contribution in [0.1, 0.15) is 54.6 Å². The molecule has 1 atom stereocenters. The lowest BCUT2D eigenvalue weighted by molar-refractivity contribution is 0.100. The zero-order valence-corrected chi connectivity index (χ0v) is 21.5. The van der Waals surface area contributed by atoms with E-state index in [1.54, 1.807) is 0 Å². The number of nitrogens with one attached hydrogen (secondary N) is 1. The number of carbonyl (C=O) groups excluding carboxylic acids is 1. The van der Waals surface area contributed by atoms with Gasteiger partial charge in [0.05, 0.1) is 17.7 Å². The molecule has 36 heavy (non-hydrogen) atoms. The maximum absolute atomic E-state index is 12.2. The second kappa shape index (κ2) is 12.3. The zero-order chi connectivity index (χ0) is 25.5. The summed E-state index contributed by atoms with van der Waals surface area (Å²) < 4.78 is 14.1. The van der Waals surface area contributed by atoms with Gasteiger partial charge < -0.3 is 30.2 Å². The number of hydrogen-bond acceptors (Lipinski definition) is 5. The number of aliphatic hydroxyl groups excluding tert-OH is 1. The number of benzene rings is 2. The summed E-state index contributed by atoms with van der Waals surface area (Å²) >= 11 is 0. The molecule has 0 spiro atoms. The van der Waals surface area contributed by atoms with Gasteiger partial charge in [0, 0.05) is 37.3 Å². The standard InChI is InChI=1S/C29H39N3O4/c1-3-21-7-8-26(27(18-21)36-19-22-5-6-22)35-14-10-31-20(2)15-23-16-24-9-12-32(11-4-13-33)28(24)25(17-23)29(30)34/h7-9,12,16-18,20,22,31,33H,3-6,10-11,13-15,19H2,1-2H3,(H2,30,34)/t20-/m1/s1. The average molecular weight is 494 g/mol. The second-order valence-electron chi connectivity index (χ2n) is 9.83. The highest BCUT2D eigenvalue weighted by atomic mass is 16.5. The summed E-state index contributed by atoms with van der Waals surface area (Å²) in [5.74, 6) is 1.89.